The van der Waals surface area contributed by atoms with E-state index in [2.05, 4.69) is 5.32 Å². The van der Waals surface area contributed by atoms with Gasteiger partial charge in [-0.25, -0.2) is 0 Å². The van der Waals surface area contributed by atoms with Gasteiger partial charge in [0, 0.05) is 22.4 Å². The van der Waals surface area contributed by atoms with Gasteiger partial charge < -0.3 is 10.4 Å². The Labute approximate surface area is 115 Å². The number of carbonyl (C=O) groups excluding carboxylic acids is 1. The summed E-state index contributed by atoms with van der Waals surface area (Å²) in [5, 5.41) is 12.2. The van der Waals surface area contributed by atoms with Gasteiger partial charge in [0.2, 0.25) is 5.91 Å². The number of nitrogens with one attached hydrogen (secondary N) is 1. The van der Waals surface area contributed by atoms with E-state index in [0.717, 1.165) is 11.3 Å². The highest BCUT2D eigenvalue weighted by molar-refractivity contribution is 7.99. The molecule has 1 unspecified atom stereocenters. The molecule has 96 valence electrons. The molecule has 0 radical (unpaired) electrons. The molecule has 0 fully saturated rings. The lowest BCUT2D eigenvalue weighted by atomic mass is 10.0. The smallest absolute Gasteiger partial charge is 0.232 e. The number of hydrogen-bond donors (Lipinski definition) is 2. The van der Waals surface area contributed by atoms with E-state index in [1.807, 2.05) is 24.3 Å². The van der Waals surface area contributed by atoms with Gasteiger partial charge in [0.05, 0.1) is 5.92 Å². The Bertz CT molecular complexity index is 627. The van der Waals surface area contributed by atoms with Crippen LogP contribution in [0.2, 0.25) is 0 Å². The molecule has 1 atom stereocenters. The van der Waals surface area contributed by atoms with Gasteiger partial charge in [0.1, 0.15) is 5.75 Å². The first-order valence-electron chi connectivity index (χ1n) is 6.05. The van der Waals surface area contributed by atoms with Gasteiger partial charge in [-0.15, -0.1) is 11.8 Å². The van der Waals surface area contributed by atoms with Crippen molar-refractivity contribution in [3.8, 4) is 5.75 Å². The predicted molar refractivity (Wildman–Crippen MR) is 76.6 cm³/mol. The number of thioether (sulfide) groups is 1. The van der Waals surface area contributed by atoms with Crippen LogP contribution in [0.1, 0.15) is 11.5 Å². The molecule has 0 aromatic heterocycles. The fourth-order valence-electron chi connectivity index (χ4n) is 2.19. The predicted octanol–water partition coefficient (Wildman–Crippen LogP) is 3.22. The number of phenolic OH excluding ortho intramolecular Hbond substituents is 1. The number of amides is 1. The average Bonchev–Trinajstić information content (AvgIpc) is 2.82. The minimum Gasteiger partial charge on any atom is -0.508 e. The van der Waals surface area contributed by atoms with E-state index in [0.29, 0.717) is 5.69 Å². The SMILES string of the molecule is O=C(Nc1cccc(O)c1)C1CSc2ccccc21. The normalized spacial score (nSPS) is 16.9. The zero-order valence-corrected chi connectivity index (χ0v) is 11.0. The van der Waals surface area contributed by atoms with Gasteiger partial charge in [0.25, 0.3) is 0 Å². The number of hydrogen-bond acceptors (Lipinski definition) is 3. The van der Waals surface area contributed by atoms with E-state index in [4.69, 9.17) is 0 Å². The number of rotatable bonds is 2. The molecule has 2 aromatic carbocycles. The van der Waals surface area contributed by atoms with E-state index in [1.165, 1.54) is 4.90 Å². The Morgan fingerprint density at radius 1 is 1.21 bits per heavy atom. The summed E-state index contributed by atoms with van der Waals surface area (Å²) in [5.74, 6) is 0.773. The van der Waals surface area contributed by atoms with Crippen LogP contribution >= 0.6 is 11.8 Å². The molecule has 2 N–H and O–H groups in total. The van der Waals surface area contributed by atoms with E-state index < -0.39 is 0 Å². The Morgan fingerprint density at radius 2 is 2.05 bits per heavy atom. The lowest BCUT2D eigenvalue weighted by molar-refractivity contribution is -0.117. The molecule has 0 saturated heterocycles. The van der Waals surface area contributed by atoms with Crippen molar-refractivity contribution in [2.75, 3.05) is 11.1 Å². The molecule has 1 heterocycles. The maximum Gasteiger partial charge on any atom is 0.232 e. The average molecular weight is 271 g/mol. The summed E-state index contributed by atoms with van der Waals surface area (Å²) in [5.41, 5.74) is 1.71. The molecule has 0 bridgehead atoms. The lowest BCUT2D eigenvalue weighted by Crippen LogP contribution is -2.20. The van der Waals surface area contributed by atoms with Gasteiger partial charge in [-0.2, -0.15) is 0 Å². The summed E-state index contributed by atoms with van der Waals surface area (Å²) < 4.78 is 0. The van der Waals surface area contributed by atoms with E-state index in [9.17, 15) is 9.90 Å². The third kappa shape index (κ3) is 2.44. The van der Waals surface area contributed by atoms with Crippen LogP contribution in [-0.4, -0.2) is 16.8 Å². The highest BCUT2D eigenvalue weighted by Crippen LogP contribution is 2.39. The number of fused-ring (bicyclic) bond motifs is 1. The summed E-state index contributed by atoms with van der Waals surface area (Å²) in [6.45, 7) is 0. The fraction of sp³-hybridized carbons (Fsp3) is 0.133. The van der Waals surface area contributed by atoms with Crippen molar-refractivity contribution in [1.82, 2.24) is 0 Å². The molecule has 2 aromatic rings. The van der Waals surface area contributed by atoms with Crippen LogP contribution in [-0.2, 0) is 4.79 Å². The number of carbonyl (C=O) groups is 1. The second-order valence-corrected chi connectivity index (χ2v) is 5.50. The maximum atomic E-state index is 12.3. The van der Waals surface area contributed by atoms with Crippen molar-refractivity contribution >= 4 is 23.4 Å². The van der Waals surface area contributed by atoms with Crippen molar-refractivity contribution in [3.63, 3.8) is 0 Å². The molecule has 19 heavy (non-hydrogen) atoms. The van der Waals surface area contributed by atoms with E-state index >= 15 is 0 Å². The highest BCUT2D eigenvalue weighted by Gasteiger charge is 2.28. The Balaban J connectivity index is 1.79. The van der Waals surface area contributed by atoms with Crippen LogP contribution < -0.4 is 5.32 Å². The molecular formula is C15H13NO2S. The van der Waals surface area contributed by atoms with Crippen LogP contribution in [0.4, 0.5) is 5.69 Å². The van der Waals surface area contributed by atoms with E-state index in [1.54, 1.807) is 36.0 Å². The van der Waals surface area contributed by atoms with Crippen LogP contribution in [0, 0.1) is 0 Å². The van der Waals surface area contributed by atoms with E-state index in [-0.39, 0.29) is 17.6 Å². The largest absolute Gasteiger partial charge is 0.508 e. The molecule has 1 amide bonds. The van der Waals surface area contributed by atoms with Crippen molar-refractivity contribution in [2.45, 2.75) is 10.8 Å². The standard InChI is InChI=1S/C15H13NO2S/c17-11-5-3-4-10(8-11)16-15(18)13-9-19-14-7-2-1-6-12(13)14/h1-8,13,17H,9H2,(H,16,18). The van der Waals surface area contributed by atoms with Gasteiger partial charge >= 0.3 is 0 Å². The van der Waals surface area contributed by atoms with Crippen LogP contribution in [0.3, 0.4) is 0 Å². The topological polar surface area (TPSA) is 49.3 Å². The van der Waals surface area contributed by atoms with Gasteiger partial charge in [0.15, 0.2) is 0 Å². The van der Waals surface area contributed by atoms with Gasteiger partial charge in [-0.3, -0.25) is 4.79 Å². The number of benzene rings is 2. The first-order valence-corrected chi connectivity index (χ1v) is 7.04. The first kappa shape index (κ1) is 12.1. The zero-order chi connectivity index (χ0) is 13.2. The molecule has 4 heteroatoms. The second-order valence-electron chi connectivity index (χ2n) is 4.44. The molecule has 3 nitrogen and oxygen atoms in total. The molecule has 0 spiro atoms. The summed E-state index contributed by atoms with van der Waals surface area (Å²) in [7, 11) is 0. The second kappa shape index (κ2) is 4.97. The summed E-state index contributed by atoms with van der Waals surface area (Å²) >= 11 is 1.71. The fourth-order valence-corrected chi connectivity index (χ4v) is 3.42. The van der Waals surface area contributed by atoms with Crippen molar-refractivity contribution < 1.29 is 9.90 Å². The highest BCUT2D eigenvalue weighted by atomic mass is 32.2. The summed E-state index contributed by atoms with van der Waals surface area (Å²) in [6.07, 6.45) is 0. The number of phenols is 1. The van der Waals surface area contributed by atoms with Gasteiger partial charge in [-0.1, -0.05) is 24.3 Å². The Hall–Kier alpha value is -1.94. The monoisotopic (exact) mass is 271 g/mol. The summed E-state index contributed by atoms with van der Waals surface area (Å²) in [6, 6.07) is 14.6. The third-order valence-corrected chi connectivity index (χ3v) is 4.31. The Morgan fingerprint density at radius 3 is 2.89 bits per heavy atom. The maximum absolute atomic E-state index is 12.3. The van der Waals surface area contributed by atoms with Crippen LogP contribution in [0.25, 0.3) is 0 Å². The zero-order valence-electron chi connectivity index (χ0n) is 10.2. The molecule has 0 saturated carbocycles. The number of anilines is 1. The molecule has 0 aliphatic carbocycles. The summed E-state index contributed by atoms with van der Waals surface area (Å²) in [4.78, 5) is 13.5. The minimum atomic E-state index is -0.122. The van der Waals surface area contributed by atoms with Crippen LogP contribution in [0.5, 0.6) is 5.75 Å². The first-order chi connectivity index (χ1) is 9.24. The number of aromatic hydroxyl groups is 1. The minimum absolute atomic E-state index is 0.0250. The molecule has 3 rings (SSSR count). The molecule has 1 aliphatic rings. The molecular weight excluding hydrogens is 258 g/mol. The van der Waals surface area contributed by atoms with Crippen molar-refractivity contribution in [3.05, 3.63) is 54.1 Å². The third-order valence-electron chi connectivity index (χ3n) is 3.13. The lowest BCUT2D eigenvalue weighted by Gasteiger charge is -2.11. The van der Waals surface area contributed by atoms with Gasteiger partial charge in [-0.05, 0) is 23.8 Å². The van der Waals surface area contributed by atoms with Crippen molar-refractivity contribution in [2.24, 2.45) is 0 Å². The molecule has 1 aliphatic heterocycles. The quantitative estimate of drug-likeness (QED) is 0.881. The Kier molecular flexibility index (Phi) is 3.17. The van der Waals surface area contributed by atoms with Crippen LogP contribution in [0.15, 0.2) is 53.4 Å². The van der Waals surface area contributed by atoms with Crippen molar-refractivity contribution in [1.29, 1.82) is 0 Å².